The zero-order chi connectivity index (χ0) is 21.7. The van der Waals surface area contributed by atoms with Gasteiger partial charge in [-0.1, -0.05) is 0 Å². The fourth-order valence-electron chi connectivity index (χ4n) is 3.86. The van der Waals surface area contributed by atoms with Crippen LogP contribution in [0.2, 0.25) is 0 Å². The van der Waals surface area contributed by atoms with Crippen LogP contribution in [-0.4, -0.2) is 71.9 Å². The molecule has 31 heavy (non-hydrogen) atoms. The van der Waals surface area contributed by atoms with Gasteiger partial charge in [0.25, 0.3) is 0 Å². The molecule has 0 bridgehead atoms. The van der Waals surface area contributed by atoms with Gasteiger partial charge < -0.3 is 20.4 Å². The van der Waals surface area contributed by atoms with E-state index >= 15 is 0 Å². The lowest BCUT2D eigenvalue weighted by atomic mass is 10.1. The molecule has 3 rings (SSSR count). The maximum Gasteiger partial charge on any atom is 0.191 e. The summed E-state index contributed by atoms with van der Waals surface area (Å²) < 4.78 is 1.95. The Labute approximate surface area is 203 Å². The Morgan fingerprint density at radius 2 is 1.90 bits per heavy atom. The molecule has 2 aromatic rings. The van der Waals surface area contributed by atoms with E-state index in [1.807, 2.05) is 25.0 Å². The minimum absolute atomic E-state index is 0. The molecule has 0 radical (unpaired) electrons. The molecule has 2 aromatic heterocycles. The molecule has 1 aliphatic heterocycles. The van der Waals surface area contributed by atoms with Crippen molar-refractivity contribution < 1.29 is 0 Å². The number of hydrogen-bond donors (Lipinski definition) is 2. The highest BCUT2D eigenvalue weighted by Crippen LogP contribution is 2.15. The number of halogens is 1. The first kappa shape index (κ1) is 25.4. The molecular weight excluding hydrogens is 503 g/mol. The first-order chi connectivity index (χ1) is 14.4. The van der Waals surface area contributed by atoms with Crippen molar-refractivity contribution in [2.24, 2.45) is 12.0 Å². The molecule has 0 spiro atoms. The Morgan fingerprint density at radius 3 is 2.52 bits per heavy atom. The number of likely N-dealkylation sites (N-methyl/N-ethyl adjacent to an activating group) is 1. The number of anilines is 1. The van der Waals surface area contributed by atoms with Crippen molar-refractivity contribution in [3.8, 4) is 0 Å². The number of piperazine rings is 1. The summed E-state index contributed by atoms with van der Waals surface area (Å²) in [5.74, 6) is 1.86. The van der Waals surface area contributed by atoms with E-state index < -0.39 is 0 Å². The zero-order valence-electron chi connectivity index (χ0n) is 19.6. The Kier molecular flexibility index (Phi) is 9.54. The molecule has 1 atom stereocenters. The van der Waals surface area contributed by atoms with Crippen LogP contribution in [0.4, 0.5) is 5.82 Å². The minimum atomic E-state index is 0. The first-order valence-corrected chi connectivity index (χ1v) is 10.7. The molecule has 0 saturated carbocycles. The van der Waals surface area contributed by atoms with Gasteiger partial charge in [0.1, 0.15) is 5.82 Å². The highest BCUT2D eigenvalue weighted by Gasteiger charge is 2.16. The van der Waals surface area contributed by atoms with E-state index in [-0.39, 0.29) is 30.0 Å². The van der Waals surface area contributed by atoms with E-state index in [0.29, 0.717) is 6.54 Å². The number of nitrogens with zero attached hydrogens (tertiary/aromatic N) is 6. The van der Waals surface area contributed by atoms with Crippen LogP contribution in [-0.2, 0) is 20.0 Å². The van der Waals surface area contributed by atoms with Gasteiger partial charge in [-0.05, 0) is 57.5 Å². The fourth-order valence-corrected chi connectivity index (χ4v) is 3.86. The fraction of sp³-hybridized carbons (Fsp3) is 0.591. The van der Waals surface area contributed by atoms with Crippen LogP contribution in [0.25, 0.3) is 0 Å². The number of nitrogens with one attached hydrogen (secondary N) is 2. The van der Waals surface area contributed by atoms with E-state index in [1.165, 1.54) is 16.8 Å². The summed E-state index contributed by atoms with van der Waals surface area (Å²) in [5, 5.41) is 11.5. The quantitative estimate of drug-likeness (QED) is 0.332. The molecule has 1 fully saturated rings. The molecule has 172 valence electrons. The van der Waals surface area contributed by atoms with Crippen molar-refractivity contribution in [2.45, 2.75) is 39.8 Å². The number of aromatic nitrogens is 3. The largest absolute Gasteiger partial charge is 0.354 e. The van der Waals surface area contributed by atoms with Crippen LogP contribution in [0.5, 0.6) is 0 Å². The number of aryl methyl sites for hydroxylation is 2. The summed E-state index contributed by atoms with van der Waals surface area (Å²) >= 11 is 0. The molecule has 0 aromatic carbocycles. The molecule has 1 unspecified atom stereocenters. The highest BCUT2D eigenvalue weighted by atomic mass is 127. The van der Waals surface area contributed by atoms with Gasteiger partial charge in [-0.25, -0.2) is 4.98 Å². The Balaban J connectivity index is 0.00000341. The van der Waals surface area contributed by atoms with Crippen LogP contribution in [0.1, 0.15) is 29.4 Å². The van der Waals surface area contributed by atoms with Gasteiger partial charge in [0.05, 0.1) is 5.69 Å². The van der Waals surface area contributed by atoms with Crippen LogP contribution in [0.3, 0.4) is 0 Å². The van der Waals surface area contributed by atoms with Crippen molar-refractivity contribution in [1.82, 2.24) is 30.3 Å². The summed E-state index contributed by atoms with van der Waals surface area (Å²) in [6, 6.07) is 4.49. The van der Waals surface area contributed by atoms with Gasteiger partial charge in [-0.15, -0.1) is 24.0 Å². The predicted octanol–water partition coefficient (Wildman–Crippen LogP) is 2.10. The van der Waals surface area contributed by atoms with Crippen molar-refractivity contribution in [1.29, 1.82) is 0 Å². The molecule has 3 heterocycles. The average molecular weight is 540 g/mol. The van der Waals surface area contributed by atoms with Gasteiger partial charge >= 0.3 is 0 Å². The van der Waals surface area contributed by atoms with Gasteiger partial charge in [0.2, 0.25) is 0 Å². The van der Waals surface area contributed by atoms with Crippen LogP contribution >= 0.6 is 24.0 Å². The Hall–Kier alpha value is -1.88. The third-order valence-electron chi connectivity index (χ3n) is 5.87. The van der Waals surface area contributed by atoms with E-state index in [9.17, 15) is 0 Å². The summed E-state index contributed by atoms with van der Waals surface area (Å²) in [4.78, 5) is 13.7. The second-order valence-electron chi connectivity index (χ2n) is 8.26. The number of guanidine groups is 1. The molecular formula is C22H37IN8. The topological polar surface area (TPSA) is 73.6 Å². The third-order valence-corrected chi connectivity index (χ3v) is 5.87. The molecule has 1 saturated heterocycles. The summed E-state index contributed by atoms with van der Waals surface area (Å²) in [6.45, 7) is 11.3. The smallest absolute Gasteiger partial charge is 0.191 e. The van der Waals surface area contributed by atoms with Crippen LogP contribution < -0.4 is 15.5 Å². The normalized spacial score (nSPS) is 16.1. The van der Waals surface area contributed by atoms with E-state index in [4.69, 9.17) is 0 Å². The minimum Gasteiger partial charge on any atom is -0.354 e. The van der Waals surface area contributed by atoms with Crippen molar-refractivity contribution in [3.63, 3.8) is 0 Å². The van der Waals surface area contributed by atoms with Crippen LogP contribution in [0, 0.1) is 13.8 Å². The maximum absolute atomic E-state index is 4.57. The molecule has 9 heteroatoms. The van der Waals surface area contributed by atoms with Gasteiger partial charge in [0.15, 0.2) is 5.96 Å². The molecule has 0 amide bonds. The summed E-state index contributed by atoms with van der Waals surface area (Å²) in [6.07, 6.45) is 2.81. The second kappa shape index (κ2) is 11.7. The van der Waals surface area contributed by atoms with E-state index in [2.05, 4.69) is 75.5 Å². The second-order valence-corrected chi connectivity index (χ2v) is 8.26. The number of aliphatic imine (C=N–C) groups is 1. The molecule has 2 N–H and O–H groups in total. The molecule has 8 nitrogen and oxygen atoms in total. The number of rotatable bonds is 6. The van der Waals surface area contributed by atoms with Gasteiger partial charge in [-0.3, -0.25) is 9.67 Å². The van der Waals surface area contributed by atoms with Crippen molar-refractivity contribution in [2.75, 3.05) is 45.2 Å². The number of hydrogen-bond acceptors (Lipinski definition) is 5. The lowest BCUT2D eigenvalue weighted by molar-refractivity contribution is 0.312. The first-order valence-electron chi connectivity index (χ1n) is 10.7. The zero-order valence-corrected chi connectivity index (χ0v) is 22.0. The van der Waals surface area contributed by atoms with Crippen molar-refractivity contribution >= 4 is 35.8 Å². The van der Waals surface area contributed by atoms with Gasteiger partial charge in [0, 0.05) is 64.8 Å². The molecule has 1 aliphatic rings. The molecule has 0 aliphatic carbocycles. The SMILES string of the molecule is CN=C(NCc1ccnc(N2CCN(C)CC2)c1)NC(C)Cc1c(C)nn(C)c1C.I. The lowest BCUT2D eigenvalue weighted by Gasteiger charge is -2.33. The van der Waals surface area contributed by atoms with E-state index in [0.717, 1.165) is 50.1 Å². The summed E-state index contributed by atoms with van der Waals surface area (Å²) in [5.41, 5.74) is 4.82. The Morgan fingerprint density at radius 1 is 1.19 bits per heavy atom. The average Bonchev–Trinajstić information content (AvgIpc) is 2.97. The van der Waals surface area contributed by atoms with Crippen LogP contribution in [0.15, 0.2) is 23.3 Å². The monoisotopic (exact) mass is 540 g/mol. The van der Waals surface area contributed by atoms with Gasteiger partial charge in [-0.2, -0.15) is 5.10 Å². The van der Waals surface area contributed by atoms with Crippen molar-refractivity contribution in [3.05, 3.63) is 40.8 Å². The predicted molar refractivity (Wildman–Crippen MR) is 139 cm³/mol. The standard InChI is InChI=1S/C22H36N8.HI/c1-16(13-20-17(2)27-29(6)18(20)3)26-22(23-4)25-15-19-7-8-24-21(14-19)30-11-9-28(5)10-12-30;/h7-8,14,16H,9-13,15H2,1-6H3,(H2,23,25,26);1H. The van der Waals surface area contributed by atoms with E-state index in [1.54, 1.807) is 0 Å². The third kappa shape index (κ3) is 6.80. The number of pyridine rings is 1. The maximum atomic E-state index is 4.57. The lowest BCUT2D eigenvalue weighted by Crippen LogP contribution is -2.45. The Bertz CT molecular complexity index is 870. The summed E-state index contributed by atoms with van der Waals surface area (Å²) in [7, 11) is 5.97. The highest BCUT2D eigenvalue weighted by molar-refractivity contribution is 14.0.